The first kappa shape index (κ1) is 17.5. The summed E-state index contributed by atoms with van der Waals surface area (Å²) in [5.74, 6) is -1.96. The fourth-order valence-electron chi connectivity index (χ4n) is 3.58. The van der Waals surface area contributed by atoms with Crippen LogP contribution in [0.2, 0.25) is 0 Å². The van der Waals surface area contributed by atoms with Gasteiger partial charge in [-0.3, -0.25) is 9.59 Å². The van der Waals surface area contributed by atoms with Crippen LogP contribution in [0.4, 0.5) is 4.39 Å². The molecular weight excluding hydrogens is 353 g/mol. The van der Waals surface area contributed by atoms with Gasteiger partial charge < -0.3 is 19.2 Å². The standard InChI is InChI=1S/C20H18FNO5/c21-13-7-5-12(6-8-13)18(23)16-17(15-4-2-10-27-15)22(20(25)19(16)24)11-14-3-1-9-26-14/h2,4-8,10,14,17,23H,1,3,9,11H2/t14-,17+/m0/s1. The minimum Gasteiger partial charge on any atom is -0.507 e. The first-order valence-electron chi connectivity index (χ1n) is 8.75. The zero-order valence-corrected chi connectivity index (χ0v) is 14.4. The summed E-state index contributed by atoms with van der Waals surface area (Å²) in [6, 6.07) is 7.53. The molecule has 0 unspecified atom stereocenters. The molecule has 0 bridgehead atoms. The summed E-state index contributed by atoms with van der Waals surface area (Å²) in [6.07, 6.45) is 2.98. The predicted octanol–water partition coefficient (Wildman–Crippen LogP) is 3.02. The van der Waals surface area contributed by atoms with Gasteiger partial charge in [-0.1, -0.05) is 0 Å². The molecule has 1 aromatic heterocycles. The van der Waals surface area contributed by atoms with E-state index in [1.54, 1.807) is 12.1 Å². The van der Waals surface area contributed by atoms with E-state index in [4.69, 9.17) is 9.15 Å². The van der Waals surface area contributed by atoms with Crippen molar-refractivity contribution in [2.24, 2.45) is 0 Å². The van der Waals surface area contributed by atoms with Gasteiger partial charge in [-0.25, -0.2) is 4.39 Å². The highest BCUT2D eigenvalue weighted by atomic mass is 19.1. The number of furan rings is 1. The highest BCUT2D eigenvalue weighted by Gasteiger charge is 2.48. The molecule has 2 atom stereocenters. The molecule has 0 aliphatic carbocycles. The summed E-state index contributed by atoms with van der Waals surface area (Å²) in [4.78, 5) is 26.8. The molecule has 3 heterocycles. The van der Waals surface area contributed by atoms with Crippen LogP contribution in [0.15, 0.2) is 52.7 Å². The van der Waals surface area contributed by atoms with Crippen LogP contribution >= 0.6 is 0 Å². The molecule has 2 fully saturated rings. The molecule has 2 aliphatic rings. The van der Waals surface area contributed by atoms with Gasteiger partial charge in [0, 0.05) is 18.7 Å². The van der Waals surface area contributed by atoms with Crippen LogP contribution in [0.5, 0.6) is 0 Å². The van der Waals surface area contributed by atoms with Crippen LogP contribution in [0, 0.1) is 5.82 Å². The molecule has 0 radical (unpaired) electrons. The number of halogens is 1. The number of ether oxygens (including phenoxy) is 1. The third-order valence-corrected chi connectivity index (χ3v) is 4.89. The lowest BCUT2D eigenvalue weighted by atomic mass is 9.99. The van der Waals surface area contributed by atoms with Crippen molar-refractivity contribution in [1.82, 2.24) is 4.90 Å². The summed E-state index contributed by atoms with van der Waals surface area (Å²) >= 11 is 0. The molecule has 6 nitrogen and oxygen atoms in total. The average Bonchev–Trinajstić information content (AvgIpc) is 3.40. The average molecular weight is 371 g/mol. The Morgan fingerprint density at radius 2 is 2.00 bits per heavy atom. The SMILES string of the molecule is O=C1C(=O)N(C[C@@H]2CCCO2)[C@H](c2ccco2)C1=C(O)c1ccc(F)cc1. The predicted molar refractivity (Wildman–Crippen MR) is 93.1 cm³/mol. The lowest BCUT2D eigenvalue weighted by Crippen LogP contribution is -2.36. The van der Waals surface area contributed by atoms with E-state index in [1.165, 1.54) is 35.4 Å². The van der Waals surface area contributed by atoms with E-state index >= 15 is 0 Å². The van der Waals surface area contributed by atoms with Crippen LogP contribution in [-0.4, -0.2) is 41.0 Å². The van der Waals surface area contributed by atoms with Gasteiger partial charge >= 0.3 is 0 Å². The normalized spacial score (nSPS) is 24.7. The Kier molecular flexibility index (Phi) is 4.53. The molecule has 0 saturated carbocycles. The number of nitrogens with zero attached hydrogens (tertiary/aromatic N) is 1. The fourth-order valence-corrected chi connectivity index (χ4v) is 3.58. The van der Waals surface area contributed by atoms with E-state index in [9.17, 15) is 19.1 Å². The van der Waals surface area contributed by atoms with Crippen molar-refractivity contribution in [3.8, 4) is 0 Å². The van der Waals surface area contributed by atoms with Crippen molar-refractivity contribution in [3.63, 3.8) is 0 Å². The van der Waals surface area contributed by atoms with Crippen molar-refractivity contribution in [1.29, 1.82) is 0 Å². The number of carbonyl (C=O) groups is 2. The van der Waals surface area contributed by atoms with Gasteiger partial charge in [-0.05, 0) is 49.2 Å². The second-order valence-electron chi connectivity index (χ2n) is 6.61. The fraction of sp³-hybridized carbons (Fsp3) is 0.300. The molecule has 140 valence electrons. The molecule has 7 heteroatoms. The van der Waals surface area contributed by atoms with Gasteiger partial charge in [-0.15, -0.1) is 0 Å². The zero-order valence-electron chi connectivity index (χ0n) is 14.4. The number of aliphatic hydroxyl groups excluding tert-OH is 1. The maximum Gasteiger partial charge on any atom is 0.295 e. The second-order valence-corrected chi connectivity index (χ2v) is 6.61. The summed E-state index contributed by atoms with van der Waals surface area (Å²) in [5.41, 5.74) is 0.183. The van der Waals surface area contributed by atoms with Crippen LogP contribution in [0.1, 0.15) is 30.2 Å². The first-order valence-corrected chi connectivity index (χ1v) is 8.75. The molecular formula is C20H18FNO5. The minimum absolute atomic E-state index is 0.0699. The molecule has 27 heavy (non-hydrogen) atoms. The Hall–Kier alpha value is -2.93. The van der Waals surface area contributed by atoms with Crippen molar-refractivity contribution in [3.05, 3.63) is 65.4 Å². The summed E-state index contributed by atoms with van der Waals surface area (Å²) in [5, 5.41) is 10.7. The van der Waals surface area contributed by atoms with Gasteiger partial charge in [0.15, 0.2) is 0 Å². The number of carbonyl (C=O) groups excluding carboxylic acids is 2. The van der Waals surface area contributed by atoms with Gasteiger partial charge in [0.2, 0.25) is 0 Å². The molecule has 0 spiro atoms. The highest BCUT2D eigenvalue weighted by Crippen LogP contribution is 2.40. The smallest absolute Gasteiger partial charge is 0.295 e. The quantitative estimate of drug-likeness (QED) is 0.508. The molecule has 4 rings (SSSR count). The molecule has 1 amide bonds. The van der Waals surface area contributed by atoms with Crippen LogP contribution in [0.25, 0.3) is 5.76 Å². The van der Waals surface area contributed by atoms with E-state index in [-0.39, 0.29) is 29.5 Å². The maximum absolute atomic E-state index is 13.2. The van der Waals surface area contributed by atoms with Crippen LogP contribution in [0.3, 0.4) is 0 Å². The Balaban J connectivity index is 1.78. The summed E-state index contributed by atoms with van der Waals surface area (Å²) < 4.78 is 24.3. The van der Waals surface area contributed by atoms with E-state index in [0.29, 0.717) is 12.4 Å². The minimum atomic E-state index is -0.853. The van der Waals surface area contributed by atoms with Crippen molar-refractivity contribution >= 4 is 17.4 Å². The largest absolute Gasteiger partial charge is 0.507 e. The Labute approximate surface area is 154 Å². The molecule has 1 N–H and O–H groups in total. The third-order valence-electron chi connectivity index (χ3n) is 4.89. The van der Waals surface area contributed by atoms with E-state index in [2.05, 4.69) is 0 Å². The molecule has 1 aromatic carbocycles. The van der Waals surface area contributed by atoms with Gasteiger partial charge in [0.1, 0.15) is 23.4 Å². The Bertz CT molecular complexity index is 882. The number of ketones is 1. The van der Waals surface area contributed by atoms with E-state index in [1.807, 2.05) is 0 Å². The van der Waals surface area contributed by atoms with Crippen molar-refractivity contribution in [2.75, 3.05) is 13.2 Å². The maximum atomic E-state index is 13.2. The number of amides is 1. The number of aliphatic hydroxyl groups is 1. The van der Waals surface area contributed by atoms with E-state index in [0.717, 1.165) is 12.8 Å². The van der Waals surface area contributed by atoms with Crippen LogP contribution < -0.4 is 0 Å². The molecule has 2 aliphatic heterocycles. The second kappa shape index (κ2) is 7.00. The lowest BCUT2D eigenvalue weighted by Gasteiger charge is -2.25. The van der Waals surface area contributed by atoms with Gasteiger partial charge in [-0.2, -0.15) is 0 Å². The summed E-state index contributed by atoms with van der Waals surface area (Å²) in [6.45, 7) is 0.853. The summed E-state index contributed by atoms with van der Waals surface area (Å²) in [7, 11) is 0. The number of likely N-dealkylation sites (tertiary alicyclic amines) is 1. The Morgan fingerprint density at radius 1 is 1.22 bits per heavy atom. The van der Waals surface area contributed by atoms with Gasteiger partial charge in [0.25, 0.3) is 11.7 Å². The number of rotatable bonds is 4. The third kappa shape index (κ3) is 3.14. The number of hydrogen-bond donors (Lipinski definition) is 1. The van der Waals surface area contributed by atoms with Crippen molar-refractivity contribution < 1.29 is 28.2 Å². The number of Topliss-reactive ketones (excluding diaryl/α,β-unsaturated/α-hetero) is 1. The highest BCUT2D eigenvalue weighted by molar-refractivity contribution is 6.46. The van der Waals surface area contributed by atoms with Crippen LogP contribution in [-0.2, 0) is 14.3 Å². The number of hydrogen-bond acceptors (Lipinski definition) is 5. The van der Waals surface area contributed by atoms with Crippen molar-refractivity contribution in [2.45, 2.75) is 25.0 Å². The first-order chi connectivity index (χ1) is 13.1. The lowest BCUT2D eigenvalue weighted by molar-refractivity contribution is -0.141. The monoisotopic (exact) mass is 371 g/mol. The molecule has 2 aromatic rings. The Morgan fingerprint density at radius 3 is 2.63 bits per heavy atom. The molecule has 2 saturated heterocycles. The topological polar surface area (TPSA) is 80.0 Å². The van der Waals surface area contributed by atoms with E-state index < -0.39 is 23.5 Å². The zero-order chi connectivity index (χ0) is 19.0. The van der Waals surface area contributed by atoms with Gasteiger partial charge in [0.05, 0.1) is 17.9 Å². The number of benzene rings is 1.